The third-order valence-electron chi connectivity index (χ3n) is 6.18. The highest BCUT2D eigenvalue weighted by atomic mass is 16.6. The molecule has 1 aliphatic rings. The van der Waals surface area contributed by atoms with Gasteiger partial charge in [-0.05, 0) is 44.0 Å². The van der Waals surface area contributed by atoms with Crippen LogP contribution in [0.5, 0.6) is 0 Å². The first-order chi connectivity index (χ1) is 13.9. The van der Waals surface area contributed by atoms with E-state index in [0.717, 1.165) is 44.4 Å². The van der Waals surface area contributed by atoms with Crippen LogP contribution in [0.2, 0.25) is 0 Å². The van der Waals surface area contributed by atoms with Crippen LogP contribution in [-0.2, 0) is 10.3 Å². The van der Waals surface area contributed by atoms with Crippen molar-refractivity contribution in [1.29, 1.82) is 0 Å². The number of carbonyl (C=O) groups is 1. The second kappa shape index (κ2) is 5.98. The monoisotopic (exact) mass is 382 g/mol. The Labute approximate surface area is 169 Å². The molecule has 0 fully saturated rings. The number of fused-ring (bicyclic) bond motifs is 2. The highest BCUT2D eigenvalue weighted by Crippen LogP contribution is 2.52. The van der Waals surface area contributed by atoms with Gasteiger partial charge in [0, 0.05) is 39.0 Å². The molecular weight excluding hydrogens is 360 g/mol. The van der Waals surface area contributed by atoms with E-state index in [-0.39, 0.29) is 5.97 Å². The number of aromatic amines is 1. The Balaban J connectivity index is 1.97. The van der Waals surface area contributed by atoms with Gasteiger partial charge in [-0.15, -0.1) is 0 Å². The predicted octanol–water partition coefficient (Wildman–Crippen LogP) is 5.14. The summed E-state index contributed by atoms with van der Waals surface area (Å²) in [5.41, 5.74) is 13.4. The lowest BCUT2D eigenvalue weighted by molar-refractivity contribution is 0.0256. The van der Waals surface area contributed by atoms with Crippen LogP contribution in [0.25, 0.3) is 10.9 Å². The number of nitrogen functional groups attached to an aromatic ring is 1. The number of aryl methyl sites for hydroxylation is 2. The van der Waals surface area contributed by atoms with Crippen LogP contribution < -0.4 is 5.73 Å². The van der Waals surface area contributed by atoms with Crippen molar-refractivity contribution in [2.75, 3.05) is 5.73 Å². The van der Waals surface area contributed by atoms with Gasteiger partial charge in [-0.2, -0.15) is 0 Å². The summed E-state index contributed by atoms with van der Waals surface area (Å²) >= 11 is 0. The quantitative estimate of drug-likeness (QED) is 0.373. The smallest absolute Gasteiger partial charge is 0.340 e. The van der Waals surface area contributed by atoms with Crippen LogP contribution in [0, 0.1) is 20.8 Å². The van der Waals surface area contributed by atoms with Crippen molar-refractivity contribution in [3.05, 3.63) is 99.7 Å². The summed E-state index contributed by atoms with van der Waals surface area (Å²) in [6.07, 6.45) is 0. The molecule has 0 saturated heterocycles. The number of cyclic esters (lactones) is 1. The standard InChI is InChI=1S/C25H22N2O2/c1-14-12-13-20(23(26)15(14)2)25(19-10-6-4-8-17(19)24(28)29-25)22-16(3)27-21-11-7-5-9-18(21)22/h4-13,27H,26H2,1-3H3. The highest BCUT2D eigenvalue weighted by Gasteiger charge is 2.51. The normalized spacial score (nSPS) is 18.1. The average Bonchev–Trinajstić information content (AvgIpc) is 3.21. The van der Waals surface area contributed by atoms with Crippen molar-refractivity contribution in [2.45, 2.75) is 26.4 Å². The lowest BCUT2D eigenvalue weighted by atomic mass is 9.77. The summed E-state index contributed by atoms with van der Waals surface area (Å²) in [6.45, 7) is 6.06. The number of nitrogens with two attached hydrogens (primary N) is 1. The molecule has 3 N–H and O–H groups in total. The Morgan fingerprint density at radius 1 is 0.897 bits per heavy atom. The first-order valence-electron chi connectivity index (χ1n) is 9.72. The van der Waals surface area contributed by atoms with E-state index in [1.807, 2.05) is 75.4 Å². The molecule has 1 aromatic heterocycles. The Bertz CT molecular complexity index is 1300. The zero-order valence-corrected chi connectivity index (χ0v) is 16.7. The number of nitrogens with one attached hydrogen (secondary N) is 1. The third kappa shape index (κ3) is 2.23. The second-order valence-corrected chi connectivity index (χ2v) is 7.76. The molecule has 4 aromatic rings. The molecule has 0 bridgehead atoms. The van der Waals surface area contributed by atoms with Crippen LogP contribution >= 0.6 is 0 Å². The van der Waals surface area contributed by atoms with Gasteiger partial charge in [0.25, 0.3) is 0 Å². The number of aromatic nitrogens is 1. The maximum Gasteiger partial charge on any atom is 0.340 e. The fourth-order valence-electron chi connectivity index (χ4n) is 4.61. The number of hydrogen-bond donors (Lipinski definition) is 2. The summed E-state index contributed by atoms with van der Waals surface area (Å²) in [6, 6.07) is 19.7. The van der Waals surface area contributed by atoms with E-state index in [4.69, 9.17) is 10.5 Å². The minimum atomic E-state index is -1.10. The predicted molar refractivity (Wildman–Crippen MR) is 115 cm³/mol. The molecule has 144 valence electrons. The van der Waals surface area contributed by atoms with Gasteiger partial charge in [0.15, 0.2) is 5.60 Å². The molecule has 29 heavy (non-hydrogen) atoms. The van der Waals surface area contributed by atoms with E-state index in [2.05, 4.69) is 11.1 Å². The summed E-state index contributed by atoms with van der Waals surface area (Å²) < 4.78 is 6.28. The van der Waals surface area contributed by atoms with Crippen molar-refractivity contribution in [3.63, 3.8) is 0 Å². The van der Waals surface area contributed by atoms with Crippen molar-refractivity contribution in [2.24, 2.45) is 0 Å². The SMILES string of the molecule is Cc1ccc(C2(c3c(C)[nH]c4ccccc34)OC(=O)c3ccccc32)c(N)c1C. The van der Waals surface area contributed by atoms with Gasteiger partial charge in [-0.3, -0.25) is 0 Å². The summed E-state index contributed by atoms with van der Waals surface area (Å²) in [7, 11) is 0. The van der Waals surface area contributed by atoms with Crippen LogP contribution in [0.1, 0.15) is 43.9 Å². The van der Waals surface area contributed by atoms with E-state index < -0.39 is 5.60 Å². The molecule has 5 rings (SSSR count). The lowest BCUT2D eigenvalue weighted by Crippen LogP contribution is -2.31. The average molecular weight is 382 g/mol. The fraction of sp³-hybridized carbons (Fsp3) is 0.160. The Hall–Kier alpha value is -3.53. The van der Waals surface area contributed by atoms with Crippen molar-refractivity contribution < 1.29 is 9.53 Å². The maximum atomic E-state index is 13.0. The van der Waals surface area contributed by atoms with Gasteiger partial charge in [-0.25, -0.2) is 4.79 Å². The van der Waals surface area contributed by atoms with Gasteiger partial charge in [0.05, 0.1) is 5.56 Å². The molecular formula is C25H22N2O2. The second-order valence-electron chi connectivity index (χ2n) is 7.76. The number of H-pyrrole nitrogens is 1. The minimum absolute atomic E-state index is 0.331. The molecule has 1 atom stereocenters. The van der Waals surface area contributed by atoms with Gasteiger partial charge < -0.3 is 15.5 Å². The fourth-order valence-corrected chi connectivity index (χ4v) is 4.61. The number of carbonyl (C=O) groups excluding carboxylic acids is 1. The van der Waals surface area contributed by atoms with E-state index >= 15 is 0 Å². The van der Waals surface area contributed by atoms with Crippen molar-refractivity contribution in [1.82, 2.24) is 4.98 Å². The topological polar surface area (TPSA) is 68.1 Å². The minimum Gasteiger partial charge on any atom is -0.440 e. The molecule has 4 heteroatoms. The zero-order chi connectivity index (χ0) is 20.3. The Morgan fingerprint density at radius 2 is 1.62 bits per heavy atom. The molecule has 0 spiro atoms. The molecule has 2 heterocycles. The number of para-hydroxylation sites is 1. The van der Waals surface area contributed by atoms with Gasteiger partial charge in [0.1, 0.15) is 0 Å². The number of anilines is 1. The maximum absolute atomic E-state index is 13.0. The zero-order valence-electron chi connectivity index (χ0n) is 16.7. The Kier molecular flexibility index (Phi) is 3.62. The Morgan fingerprint density at radius 3 is 2.45 bits per heavy atom. The van der Waals surface area contributed by atoms with Crippen LogP contribution in [0.3, 0.4) is 0 Å². The van der Waals surface area contributed by atoms with Crippen LogP contribution in [0.15, 0.2) is 60.7 Å². The molecule has 1 aliphatic heterocycles. The van der Waals surface area contributed by atoms with E-state index in [9.17, 15) is 4.79 Å². The van der Waals surface area contributed by atoms with E-state index in [1.165, 1.54) is 0 Å². The van der Waals surface area contributed by atoms with E-state index in [1.54, 1.807) is 0 Å². The van der Waals surface area contributed by atoms with Crippen molar-refractivity contribution >= 4 is 22.6 Å². The summed E-state index contributed by atoms with van der Waals surface area (Å²) in [5.74, 6) is -0.331. The van der Waals surface area contributed by atoms with Crippen LogP contribution in [-0.4, -0.2) is 11.0 Å². The number of hydrogen-bond acceptors (Lipinski definition) is 3. The number of rotatable bonds is 2. The first kappa shape index (κ1) is 17.6. The summed E-state index contributed by atoms with van der Waals surface area (Å²) in [4.78, 5) is 16.4. The molecule has 3 aromatic carbocycles. The third-order valence-corrected chi connectivity index (χ3v) is 6.18. The van der Waals surface area contributed by atoms with Crippen LogP contribution in [0.4, 0.5) is 5.69 Å². The first-order valence-corrected chi connectivity index (χ1v) is 9.72. The summed E-state index contributed by atoms with van der Waals surface area (Å²) in [5, 5.41) is 1.02. The largest absolute Gasteiger partial charge is 0.440 e. The van der Waals surface area contributed by atoms with E-state index in [0.29, 0.717) is 11.3 Å². The number of benzene rings is 3. The molecule has 4 nitrogen and oxygen atoms in total. The lowest BCUT2D eigenvalue weighted by Gasteiger charge is -2.32. The molecule has 0 aliphatic carbocycles. The molecule has 0 amide bonds. The van der Waals surface area contributed by atoms with Gasteiger partial charge >= 0.3 is 5.97 Å². The molecule has 1 unspecified atom stereocenters. The molecule has 0 radical (unpaired) electrons. The van der Waals surface area contributed by atoms with Gasteiger partial charge in [0.2, 0.25) is 0 Å². The highest BCUT2D eigenvalue weighted by molar-refractivity contribution is 5.99. The number of ether oxygens (including phenoxy) is 1. The number of esters is 1. The van der Waals surface area contributed by atoms with Gasteiger partial charge in [-0.1, -0.05) is 48.5 Å². The molecule has 0 saturated carbocycles. The van der Waals surface area contributed by atoms with Crippen molar-refractivity contribution in [3.8, 4) is 0 Å².